The highest BCUT2D eigenvalue weighted by Gasteiger charge is 2.02. The minimum atomic E-state index is -0.316. The first kappa shape index (κ1) is 10.8. The van der Waals surface area contributed by atoms with Gasteiger partial charge in [-0.25, -0.2) is 9.37 Å². The number of hydrogen-bond acceptors (Lipinski definition) is 3. The lowest BCUT2D eigenvalue weighted by atomic mass is 10.3. The van der Waals surface area contributed by atoms with Crippen molar-refractivity contribution in [1.82, 2.24) is 9.97 Å². The maximum Gasteiger partial charge on any atom is 0.225 e. The SMILES string of the molecule is Cc1cc(Oc2ccc(F)cc2)nc(Cl)n1. The molecule has 0 saturated carbocycles. The van der Waals surface area contributed by atoms with Crippen molar-refractivity contribution in [3.8, 4) is 11.6 Å². The van der Waals surface area contributed by atoms with Gasteiger partial charge in [0, 0.05) is 11.8 Å². The summed E-state index contributed by atoms with van der Waals surface area (Å²) in [7, 11) is 0. The Balaban J connectivity index is 2.23. The van der Waals surface area contributed by atoms with Crippen LogP contribution in [-0.2, 0) is 0 Å². The van der Waals surface area contributed by atoms with Crippen LogP contribution in [0.15, 0.2) is 30.3 Å². The van der Waals surface area contributed by atoms with Gasteiger partial charge >= 0.3 is 0 Å². The minimum absolute atomic E-state index is 0.122. The van der Waals surface area contributed by atoms with Crippen molar-refractivity contribution in [2.75, 3.05) is 0 Å². The van der Waals surface area contributed by atoms with Crippen molar-refractivity contribution in [3.05, 3.63) is 47.1 Å². The molecule has 0 atom stereocenters. The first-order chi connectivity index (χ1) is 7.63. The molecule has 5 heteroatoms. The molecule has 0 unspecified atom stereocenters. The van der Waals surface area contributed by atoms with E-state index >= 15 is 0 Å². The zero-order valence-corrected chi connectivity index (χ0v) is 9.20. The Morgan fingerprint density at radius 3 is 2.50 bits per heavy atom. The van der Waals surface area contributed by atoms with Crippen molar-refractivity contribution < 1.29 is 9.13 Å². The molecule has 16 heavy (non-hydrogen) atoms. The van der Waals surface area contributed by atoms with Crippen molar-refractivity contribution in [3.63, 3.8) is 0 Å². The number of rotatable bonds is 2. The topological polar surface area (TPSA) is 35.0 Å². The van der Waals surface area contributed by atoms with Gasteiger partial charge in [-0.05, 0) is 42.8 Å². The Morgan fingerprint density at radius 2 is 1.88 bits per heavy atom. The van der Waals surface area contributed by atoms with Crippen LogP contribution in [-0.4, -0.2) is 9.97 Å². The van der Waals surface area contributed by atoms with Crippen LogP contribution in [0.2, 0.25) is 5.28 Å². The van der Waals surface area contributed by atoms with E-state index < -0.39 is 0 Å². The fourth-order valence-electron chi connectivity index (χ4n) is 1.18. The van der Waals surface area contributed by atoms with E-state index in [9.17, 15) is 4.39 Å². The molecule has 0 saturated heterocycles. The summed E-state index contributed by atoms with van der Waals surface area (Å²) in [6, 6.07) is 7.30. The second-order valence-corrected chi connectivity index (χ2v) is 3.51. The summed E-state index contributed by atoms with van der Waals surface area (Å²) in [5.74, 6) is 0.518. The lowest BCUT2D eigenvalue weighted by Gasteiger charge is -2.05. The molecule has 0 aliphatic carbocycles. The van der Waals surface area contributed by atoms with E-state index in [1.807, 2.05) is 0 Å². The second kappa shape index (κ2) is 4.45. The number of hydrogen-bond donors (Lipinski definition) is 0. The molecule has 0 bridgehead atoms. The van der Waals surface area contributed by atoms with Gasteiger partial charge in [0.25, 0.3) is 0 Å². The normalized spacial score (nSPS) is 10.2. The summed E-state index contributed by atoms with van der Waals surface area (Å²) in [6.45, 7) is 1.78. The van der Waals surface area contributed by atoms with Crippen LogP contribution >= 0.6 is 11.6 Å². The largest absolute Gasteiger partial charge is 0.439 e. The van der Waals surface area contributed by atoms with Crippen LogP contribution in [0.25, 0.3) is 0 Å². The highest BCUT2D eigenvalue weighted by molar-refractivity contribution is 6.28. The smallest absolute Gasteiger partial charge is 0.225 e. The van der Waals surface area contributed by atoms with Gasteiger partial charge in [0.05, 0.1) is 0 Å². The Morgan fingerprint density at radius 1 is 1.19 bits per heavy atom. The third-order valence-corrected chi connectivity index (χ3v) is 2.01. The third-order valence-electron chi connectivity index (χ3n) is 1.84. The summed E-state index contributed by atoms with van der Waals surface area (Å²) in [4.78, 5) is 7.79. The molecule has 82 valence electrons. The van der Waals surface area contributed by atoms with Crippen molar-refractivity contribution >= 4 is 11.6 Å². The van der Waals surface area contributed by atoms with E-state index in [1.54, 1.807) is 13.0 Å². The average molecular weight is 239 g/mol. The fraction of sp³-hybridized carbons (Fsp3) is 0.0909. The minimum Gasteiger partial charge on any atom is -0.439 e. The number of benzene rings is 1. The quantitative estimate of drug-likeness (QED) is 0.753. The predicted molar refractivity (Wildman–Crippen MR) is 58.3 cm³/mol. The second-order valence-electron chi connectivity index (χ2n) is 3.17. The predicted octanol–water partition coefficient (Wildman–Crippen LogP) is 3.37. The van der Waals surface area contributed by atoms with Gasteiger partial charge in [0.1, 0.15) is 11.6 Å². The highest BCUT2D eigenvalue weighted by Crippen LogP contribution is 2.21. The molecular formula is C11H8ClFN2O. The molecule has 0 amide bonds. The van der Waals surface area contributed by atoms with Crippen LogP contribution in [0.4, 0.5) is 4.39 Å². The van der Waals surface area contributed by atoms with Gasteiger partial charge in [0.2, 0.25) is 11.2 Å². The van der Waals surface area contributed by atoms with E-state index in [-0.39, 0.29) is 11.1 Å². The van der Waals surface area contributed by atoms with Crippen LogP contribution < -0.4 is 4.74 Å². The summed E-state index contributed by atoms with van der Waals surface area (Å²) < 4.78 is 18.0. The molecule has 0 fully saturated rings. The molecule has 2 rings (SSSR count). The molecule has 1 aromatic heterocycles. The Labute approximate surface area is 96.9 Å². The molecule has 2 aromatic rings. The molecule has 0 spiro atoms. The first-order valence-corrected chi connectivity index (χ1v) is 4.96. The van der Waals surface area contributed by atoms with Crippen LogP contribution in [0.1, 0.15) is 5.69 Å². The van der Waals surface area contributed by atoms with E-state index in [0.29, 0.717) is 17.3 Å². The number of ether oxygens (including phenoxy) is 1. The van der Waals surface area contributed by atoms with E-state index in [4.69, 9.17) is 16.3 Å². The fourth-order valence-corrected chi connectivity index (χ4v) is 1.40. The van der Waals surface area contributed by atoms with Crippen molar-refractivity contribution in [2.45, 2.75) is 6.92 Å². The molecule has 0 aliphatic heterocycles. The molecule has 0 aliphatic rings. The van der Waals surface area contributed by atoms with Crippen LogP contribution in [0.5, 0.6) is 11.6 Å². The molecule has 0 N–H and O–H groups in total. The van der Waals surface area contributed by atoms with Gasteiger partial charge in [0.15, 0.2) is 0 Å². The number of nitrogens with zero attached hydrogens (tertiary/aromatic N) is 2. The Bertz CT molecular complexity index is 482. The summed E-state index contributed by atoms with van der Waals surface area (Å²) in [6.07, 6.45) is 0. The molecular weight excluding hydrogens is 231 g/mol. The van der Waals surface area contributed by atoms with Gasteiger partial charge in [-0.3, -0.25) is 0 Å². The Hall–Kier alpha value is -1.68. The number of aromatic nitrogens is 2. The van der Waals surface area contributed by atoms with Crippen LogP contribution in [0, 0.1) is 12.7 Å². The lowest BCUT2D eigenvalue weighted by molar-refractivity contribution is 0.459. The van der Waals surface area contributed by atoms with E-state index in [0.717, 1.165) is 0 Å². The number of aryl methyl sites for hydroxylation is 1. The molecule has 1 heterocycles. The first-order valence-electron chi connectivity index (χ1n) is 4.58. The summed E-state index contributed by atoms with van der Waals surface area (Å²) in [5, 5.41) is 0.122. The number of halogens is 2. The monoisotopic (exact) mass is 238 g/mol. The van der Waals surface area contributed by atoms with Crippen molar-refractivity contribution in [1.29, 1.82) is 0 Å². The average Bonchev–Trinajstić information content (AvgIpc) is 2.20. The van der Waals surface area contributed by atoms with Gasteiger partial charge < -0.3 is 4.74 Å². The van der Waals surface area contributed by atoms with Crippen LogP contribution in [0.3, 0.4) is 0 Å². The van der Waals surface area contributed by atoms with E-state index in [2.05, 4.69) is 9.97 Å². The molecule has 1 aromatic carbocycles. The van der Waals surface area contributed by atoms with Crippen molar-refractivity contribution in [2.24, 2.45) is 0 Å². The van der Waals surface area contributed by atoms with Gasteiger partial charge in [-0.15, -0.1) is 0 Å². The zero-order chi connectivity index (χ0) is 11.5. The maximum atomic E-state index is 12.7. The maximum absolute atomic E-state index is 12.7. The summed E-state index contributed by atoms with van der Waals surface area (Å²) in [5.41, 5.74) is 0.706. The third kappa shape index (κ3) is 2.67. The lowest BCUT2D eigenvalue weighted by Crippen LogP contribution is -1.92. The highest BCUT2D eigenvalue weighted by atomic mass is 35.5. The Kier molecular flexibility index (Phi) is 3.01. The molecule has 3 nitrogen and oxygen atoms in total. The zero-order valence-electron chi connectivity index (χ0n) is 8.45. The molecule has 0 radical (unpaired) electrons. The van der Waals surface area contributed by atoms with Gasteiger partial charge in [-0.1, -0.05) is 0 Å². The standard InChI is InChI=1S/C11H8ClFN2O/c1-7-6-10(15-11(12)14-7)16-9-4-2-8(13)3-5-9/h2-6H,1H3. The summed E-state index contributed by atoms with van der Waals surface area (Å²) >= 11 is 5.68. The van der Waals surface area contributed by atoms with Gasteiger partial charge in [-0.2, -0.15) is 4.98 Å². The van der Waals surface area contributed by atoms with E-state index in [1.165, 1.54) is 24.3 Å².